The summed E-state index contributed by atoms with van der Waals surface area (Å²) in [4.78, 5) is 13.6. The molecular weight excluding hydrogens is 180 g/mol. The molecule has 1 aliphatic rings. The van der Waals surface area contributed by atoms with E-state index in [1.807, 2.05) is 0 Å². The fourth-order valence-corrected chi connectivity index (χ4v) is 1.97. The molecule has 1 heterocycles. The highest BCUT2D eigenvalue weighted by molar-refractivity contribution is 5.83. The van der Waals surface area contributed by atoms with Gasteiger partial charge in [-0.3, -0.25) is 9.69 Å². The van der Waals surface area contributed by atoms with Crippen molar-refractivity contribution in [3.05, 3.63) is 0 Å². The van der Waals surface area contributed by atoms with E-state index in [1.165, 1.54) is 0 Å². The van der Waals surface area contributed by atoms with Crippen molar-refractivity contribution < 1.29 is 9.90 Å². The Morgan fingerprint density at radius 2 is 2.29 bits per heavy atom. The van der Waals surface area contributed by atoms with Gasteiger partial charge in [0.05, 0.1) is 6.61 Å². The summed E-state index contributed by atoms with van der Waals surface area (Å²) >= 11 is 0. The minimum Gasteiger partial charge on any atom is -0.394 e. The van der Waals surface area contributed by atoms with Gasteiger partial charge < -0.3 is 10.4 Å². The summed E-state index contributed by atoms with van der Waals surface area (Å²) < 4.78 is 0. The molecular formula is C10H20N2O2. The molecule has 1 saturated heterocycles. The van der Waals surface area contributed by atoms with Crippen molar-refractivity contribution in [2.24, 2.45) is 0 Å². The smallest absolute Gasteiger partial charge is 0.239 e. The van der Waals surface area contributed by atoms with Gasteiger partial charge in [0.25, 0.3) is 0 Å². The Labute approximate surface area is 85.3 Å². The molecule has 2 N–H and O–H groups in total. The molecule has 1 amide bonds. The molecule has 4 heteroatoms. The van der Waals surface area contributed by atoms with E-state index in [-0.39, 0.29) is 24.1 Å². The third-order valence-electron chi connectivity index (χ3n) is 2.79. The van der Waals surface area contributed by atoms with Crippen molar-refractivity contribution in [1.29, 1.82) is 0 Å². The van der Waals surface area contributed by atoms with Crippen LogP contribution in [0.4, 0.5) is 0 Å². The van der Waals surface area contributed by atoms with Gasteiger partial charge in [0, 0.05) is 12.1 Å². The number of piperazine rings is 1. The predicted molar refractivity (Wildman–Crippen MR) is 55.0 cm³/mol. The first-order chi connectivity index (χ1) is 6.53. The lowest BCUT2D eigenvalue weighted by molar-refractivity contribution is -0.136. The number of rotatable bonds is 3. The molecule has 0 aliphatic carbocycles. The van der Waals surface area contributed by atoms with E-state index in [2.05, 4.69) is 31.0 Å². The van der Waals surface area contributed by atoms with Crippen molar-refractivity contribution in [3.8, 4) is 0 Å². The van der Waals surface area contributed by atoms with E-state index in [0.29, 0.717) is 6.54 Å². The molecule has 14 heavy (non-hydrogen) atoms. The second-order valence-electron chi connectivity index (χ2n) is 4.42. The van der Waals surface area contributed by atoms with Crippen molar-refractivity contribution >= 4 is 5.91 Å². The van der Waals surface area contributed by atoms with Crippen LogP contribution in [0.25, 0.3) is 0 Å². The molecule has 4 nitrogen and oxygen atoms in total. The maximum Gasteiger partial charge on any atom is 0.239 e. The minimum absolute atomic E-state index is 0.0553. The molecule has 1 aliphatic heterocycles. The second kappa shape index (κ2) is 4.28. The van der Waals surface area contributed by atoms with Crippen molar-refractivity contribution in [2.75, 3.05) is 19.7 Å². The van der Waals surface area contributed by atoms with Crippen LogP contribution in [-0.4, -0.2) is 47.2 Å². The molecule has 0 aromatic heterocycles. The zero-order valence-corrected chi connectivity index (χ0v) is 9.21. The highest BCUT2D eigenvalue weighted by Crippen LogP contribution is 2.21. The van der Waals surface area contributed by atoms with Gasteiger partial charge >= 0.3 is 0 Å². The fourth-order valence-electron chi connectivity index (χ4n) is 1.97. The van der Waals surface area contributed by atoms with Crippen LogP contribution in [0.3, 0.4) is 0 Å². The van der Waals surface area contributed by atoms with Gasteiger partial charge in [0.1, 0.15) is 6.04 Å². The Balaban J connectivity index is 2.81. The summed E-state index contributed by atoms with van der Waals surface area (Å²) in [6.07, 6.45) is 0.993. The SMILES string of the molecule is CCCN1C(CO)C(=O)NCC1(C)C. The number of nitrogens with zero attached hydrogens (tertiary/aromatic N) is 1. The molecule has 0 radical (unpaired) electrons. The van der Waals surface area contributed by atoms with Crippen molar-refractivity contribution in [2.45, 2.75) is 38.8 Å². The van der Waals surface area contributed by atoms with E-state index in [9.17, 15) is 9.90 Å². The van der Waals surface area contributed by atoms with E-state index in [1.54, 1.807) is 0 Å². The topological polar surface area (TPSA) is 52.6 Å². The molecule has 0 aromatic rings. The number of hydrogen-bond donors (Lipinski definition) is 2. The molecule has 1 unspecified atom stereocenters. The highest BCUT2D eigenvalue weighted by Gasteiger charge is 2.39. The Hall–Kier alpha value is -0.610. The summed E-state index contributed by atoms with van der Waals surface area (Å²) in [7, 11) is 0. The molecule has 0 spiro atoms. The van der Waals surface area contributed by atoms with Crippen LogP contribution in [0.15, 0.2) is 0 Å². The van der Waals surface area contributed by atoms with Gasteiger partial charge in [-0.15, -0.1) is 0 Å². The van der Waals surface area contributed by atoms with E-state index in [0.717, 1.165) is 13.0 Å². The zero-order chi connectivity index (χ0) is 10.8. The Kier molecular flexibility index (Phi) is 3.50. The zero-order valence-electron chi connectivity index (χ0n) is 9.21. The third-order valence-corrected chi connectivity index (χ3v) is 2.79. The summed E-state index contributed by atoms with van der Waals surface area (Å²) in [6, 6.07) is -0.376. The second-order valence-corrected chi connectivity index (χ2v) is 4.42. The lowest BCUT2D eigenvalue weighted by atomic mass is 9.95. The van der Waals surface area contributed by atoms with E-state index < -0.39 is 0 Å². The molecule has 0 saturated carbocycles. The van der Waals surface area contributed by atoms with Crippen molar-refractivity contribution in [1.82, 2.24) is 10.2 Å². The normalized spacial score (nSPS) is 27.4. The van der Waals surface area contributed by atoms with Gasteiger partial charge in [-0.2, -0.15) is 0 Å². The summed E-state index contributed by atoms with van der Waals surface area (Å²) in [6.45, 7) is 7.66. The maximum atomic E-state index is 11.5. The number of aliphatic hydroxyl groups is 1. The van der Waals surface area contributed by atoms with E-state index >= 15 is 0 Å². The quantitative estimate of drug-likeness (QED) is 0.672. The number of aliphatic hydroxyl groups excluding tert-OH is 1. The van der Waals surface area contributed by atoms with Crippen LogP contribution in [0, 0.1) is 0 Å². The van der Waals surface area contributed by atoms with Crippen LogP contribution in [0.2, 0.25) is 0 Å². The Morgan fingerprint density at radius 3 is 2.79 bits per heavy atom. The number of hydrogen-bond acceptors (Lipinski definition) is 3. The Bertz CT molecular complexity index is 216. The lowest BCUT2D eigenvalue weighted by Crippen LogP contribution is -2.66. The molecule has 82 valence electrons. The lowest BCUT2D eigenvalue weighted by Gasteiger charge is -2.46. The molecule has 1 rings (SSSR count). The first-order valence-corrected chi connectivity index (χ1v) is 5.18. The van der Waals surface area contributed by atoms with Gasteiger partial charge in [-0.1, -0.05) is 6.92 Å². The molecule has 1 fully saturated rings. The van der Waals surface area contributed by atoms with Crippen LogP contribution < -0.4 is 5.32 Å². The van der Waals surface area contributed by atoms with Crippen molar-refractivity contribution in [3.63, 3.8) is 0 Å². The average molecular weight is 200 g/mol. The van der Waals surface area contributed by atoms with Crippen LogP contribution in [-0.2, 0) is 4.79 Å². The first-order valence-electron chi connectivity index (χ1n) is 5.18. The van der Waals surface area contributed by atoms with E-state index in [4.69, 9.17) is 0 Å². The standard InChI is InChI=1S/C10H20N2O2/c1-4-5-12-8(6-13)9(14)11-7-10(12,2)3/h8,13H,4-7H2,1-3H3,(H,11,14). The fraction of sp³-hybridized carbons (Fsp3) is 0.900. The largest absolute Gasteiger partial charge is 0.394 e. The molecule has 0 aromatic carbocycles. The number of nitrogens with one attached hydrogen (secondary N) is 1. The van der Waals surface area contributed by atoms with Crippen LogP contribution in [0.1, 0.15) is 27.2 Å². The molecule has 0 bridgehead atoms. The van der Waals surface area contributed by atoms with Gasteiger partial charge in [-0.25, -0.2) is 0 Å². The van der Waals surface area contributed by atoms with Gasteiger partial charge in [0.15, 0.2) is 0 Å². The summed E-state index contributed by atoms with van der Waals surface area (Å²) in [5, 5.41) is 12.0. The summed E-state index contributed by atoms with van der Waals surface area (Å²) in [5.41, 5.74) is -0.0582. The predicted octanol–water partition coefficient (Wildman–Crippen LogP) is -0.0323. The average Bonchev–Trinajstić information content (AvgIpc) is 2.13. The van der Waals surface area contributed by atoms with Gasteiger partial charge in [-0.05, 0) is 26.8 Å². The number of amides is 1. The Morgan fingerprint density at radius 1 is 1.64 bits per heavy atom. The maximum absolute atomic E-state index is 11.5. The number of carbonyl (C=O) groups excluding carboxylic acids is 1. The van der Waals surface area contributed by atoms with Crippen LogP contribution >= 0.6 is 0 Å². The minimum atomic E-state index is -0.376. The third kappa shape index (κ3) is 2.07. The first kappa shape index (κ1) is 11.5. The monoisotopic (exact) mass is 200 g/mol. The van der Waals surface area contributed by atoms with Crippen LogP contribution in [0.5, 0.6) is 0 Å². The summed E-state index contributed by atoms with van der Waals surface area (Å²) in [5.74, 6) is -0.0553. The number of carbonyl (C=O) groups is 1. The van der Waals surface area contributed by atoms with Gasteiger partial charge in [0.2, 0.25) is 5.91 Å². The highest BCUT2D eigenvalue weighted by atomic mass is 16.3. The molecule has 1 atom stereocenters.